The van der Waals surface area contributed by atoms with Crippen molar-refractivity contribution in [2.45, 2.75) is 0 Å². The van der Waals surface area contributed by atoms with Crippen molar-refractivity contribution in [2.75, 3.05) is 6.61 Å². The third kappa shape index (κ3) is 7.82. The Morgan fingerprint density at radius 2 is 1.39 bits per heavy atom. The first-order valence-electron chi connectivity index (χ1n) is 13.0. The predicted octanol–water partition coefficient (Wildman–Crippen LogP) is 7.88. The fourth-order valence-electron chi connectivity index (χ4n) is 3.94. The van der Waals surface area contributed by atoms with Crippen molar-refractivity contribution in [3.63, 3.8) is 0 Å². The molecule has 220 valence electrons. The molecule has 0 spiro atoms. The van der Waals surface area contributed by atoms with Gasteiger partial charge in [-0.05, 0) is 93.4 Å². The fourth-order valence-corrected chi connectivity index (χ4v) is 4.80. The topological polar surface area (TPSA) is 103 Å². The van der Waals surface area contributed by atoms with Crippen molar-refractivity contribution in [1.29, 1.82) is 0 Å². The normalized spacial score (nSPS) is 10.9. The summed E-state index contributed by atoms with van der Waals surface area (Å²) >= 11 is 15.4. The van der Waals surface area contributed by atoms with E-state index in [1.165, 1.54) is 48.7 Å². The van der Waals surface area contributed by atoms with Crippen molar-refractivity contribution in [2.24, 2.45) is 5.10 Å². The number of rotatable bonds is 9. The molecule has 5 aromatic rings. The molecule has 44 heavy (non-hydrogen) atoms. The summed E-state index contributed by atoms with van der Waals surface area (Å²) in [5, 5.41) is 6.89. The Bertz CT molecular complexity index is 1880. The number of nitrogens with one attached hydrogen (secondary N) is 1. The van der Waals surface area contributed by atoms with E-state index in [1.807, 2.05) is 30.3 Å². The van der Waals surface area contributed by atoms with Gasteiger partial charge in [0.1, 0.15) is 17.2 Å². The summed E-state index contributed by atoms with van der Waals surface area (Å²) in [4.78, 5) is 37.9. The number of benzene rings is 5. The van der Waals surface area contributed by atoms with E-state index in [9.17, 15) is 14.4 Å². The van der Waals surface area contributed by atoms with Crippen molar-refractivity contribution < 1.29 is 28.6 Å². The van der Waals surface area contributed by atoms with E-state index in [2.05, 4.69) is 26.5 Å². The summed E-state index contributed by atoms with van der Waals surface area (Å²) in [5.74, 6) is -1.20. The Balaban J connectivity index is 1.29. The molecule has 8 nitrogen and oxygen atoms in total. The first-order chi connectivity index (χ1) is 21.3. The number of hydrogen-bond acceptors (Lipinski definition) is 7. The van der Waals surface area contributed by atoms with E-state index in [-0.39, 0.29) is 29.2 Å². The maximum Gasteiger partial charge on any atom is 0.343 e. The second-order valence-electron chi connectivity index (χ2n) is 9.17. The van der Waals surface area contributed by atoms with Crippen LogP contribution in [0.5, 0.6) is 17.2 Å². The maximum absolute atomic E-state index is 12.9. The molecule has 1 amide bonds. The molecule has 1 N–H and O–H groups in total. The molecule has 0 atom stereocenters. The zero-order valence-corrected chi connectivity index (χ0v) is 25.7. The zero-order chi connectivity index (χ0) is 31.1. The second kappa shape index (κ2) is 14.2. The standard InChI is InChI=1S/C33H21BrCl2N2O6/c34-31-27-4-2-1-3-20(27)10-16-28(31)42-19-30(39)38-37-18-23-9-15-26(43-32(40)21-5-11-24(35)12-6-21)17-29(23)44-33(41)22-7-13-25(36)14-8-22/h1-18H,19H2,(H,38,39)/b37-18+. The monoisotopic (exact) mass is 690 g/mol. The molecule has 0 saturated heterocycles. The number of esters is 2. The van der Waals surface area contributed by atoms with Crippen LogP contribution in [0.1, 0.15) is 26.3 Å². The number of nitrogens with zero attached hydrogens (tertiary/aromatic N) is 1. The summed E-state index contributed by atoms with van der Waals surface area (Å²) in [7, 11) is 0. The molecular formula is C33H21BrCl2N2O6. The lowest BCUT2D eigenvalue weighted by molar-refractivity contribution is -0.123. The minimum atomic E-state index is -0.684. The molecule has 0 radical (unpaired) electrons. The van der Waals surface area contributed by atoms with E-state index < -0.39 is 17.8 Å². The van der Waals surface area contributed by atoms with Gasteiger partial charge in [-0.1, -0.05) is 53.5 Å². The van der Waals surface area contributed by atoms with Crippen molar-refractivity contribution in [3.05, 3.63) is 134 Å². The van der Waals surface area contributed by atoms with Gasteiger partial charge in [0, 0.05) is 21.7 Å². The van der Waals surface area contributed by atoms with Crippen molar-refractivity contribution in [1.82, 2.24) is 5.43 Å². The molecule has 5 rings (SSSR count). The summed E-state index contributed by atoms with van der Waals surface area (Å²) in [6, 6.07) is 28.1. The predicted molar refractivity (Wildman–Crippen MR) is 172 cm³/mol. The summed E-state index contributed by atoms with van der Waals surface area (Å²) in [6.45, 7) is -0.299. The number of hydrogen-bond donors (Lipinski definition) is 1. The summed E-state index contributed by atoms with van der Waals surface area (Å²) < 4.78 is 17.5. The lowest BCUT2D eigenvalue weighted by Crippen LogP contribution is -2.24. The van der Waals surface area contributed by atoms with Crippen LogP contribution in [-0.2, 0) is 4.79 Å². The quantitative estimate of drug-likeness (QED) is 0.0730. The summed E-state index contributed by atoms with van der Waals surface area (Å²) in [6.07, 6.45) is 1.29. The number of carbonyl (C=O) groups is 3. The van der Waals surface area contributed by atoms with Gasteiger partial charge in [0.2, 0.25) is 0 Å². The molecule has 0 bridgehead atoms. The first-order valence-corrected chi connectivity index (χ1v) is 14.5. The van der Waals surface area contributed by atoms with Crippen LogP contribution in [0.25, 0.3) is 10.8 Å². The highest BCUT2D eigenvalue weighted by Crippen LogP contribution is 2.33. The van der Waals surface area contributed by atoms with E-state index in [4.69, 9.17) is 37.4 Å². The molecule has 11 heteroatoms. The molecule has 0 aliphatic heterocycles. The lowest BCUT2D eigenvalue weighted by atomic mass is 10.1. The third-order valence-electron chi connectivity index (χ3n) is 6.14. The van der Waals surface area contributed by atoms with E-state index in [0.29, 0.717) is 21.4 Å². The van der Waals surface area contributed by atoms with Crippen LogP contribution in [0.3, 0.4) is 0 Å². The number of carbonyl (C=O) groups excluding carboxylic acids is 3. The Kier molecular flexibility index (Phi) is 9.91. The fraction of sp³-hybridized carbons (Fsp3) is 0.0303. The van der Waals surface area contributed by atoms with Gasteiger partial charge >= 0.3 is 11.9 Å². The van der Waals surface area contributed by atoms with E-state index >= 15 is 0 Å². The van der Waals surface area contributed by atoms with Crippen LogP contribution in [0, 0.1) is 0 Å². The molecule has 0 fully saturated rings. The molecular weight excluding hydrogens is 671 g/mol. The van der Waals surface area contributed by atoms with Crippen molar-refractivity contribution >= 4 is 74.0 Å². The Morgan fingerprint density at radius 3 is 2.07 bits per heavy atom. The average Bonchev–Trinajstić information content (AvgIpc) is 3.02. The van der Waals surface area contributed by atoms with E-state index in [0.717, 1.165) is 15.2 Å². The van der Waals surface area contributed by atoms with Crippen LogP contribution in [0.2, 0.25) is 10.0 Å². The average molecular weight is 692 g/mol. The van der Waals surface area contributed by atoms with Crippen LogP contribution in [0.15, 0.2) is 113 Å². The van der Waals surface area contributed by atoms with Gasteiger partial charge in [-0.15, -0.1) is 0 Å². The molecule has 0 unspecified atom stereocenters. The van der Waals surface area contributed by atoms with Gasteiger partial charge < -0.3 is 14.2 Å². The number of amides is 1. The van der Waals surface area contributed by atoms with Gasteiger partial charge in [0.05, 0.1) is 21.8 Å². The Labute approximate surface area is 270 Å². The molecule has 0 heterocycles. The third-order valence-corrected chi connectivity index (χ3v) is 7.46. The largest absolute Gasteiger partial charge is 0.483 e. The van der Waals surface area contributed by atoms with Gasteiger partial charge in [-0.25, -0.2) is 15.0 Å². The van der Waals surface area contributed by atoms with Gasteiger partial charge in [-0.3, -0.25) is 4.79 Å². The number of hydrazone groups is 1. The molecule has 0 saturated carbocycles. The maximum atomic E-state index is 12.9. The number of fused-ring (bicyclic) bond motifs is 1. The van der Waals surface area contributed by atoms with Crippen molar-refractivity contribution in [3.8, 4) is 17.2 Å². The smallest absolute Gasteiger partial charge is 0.343 e. The second-order valence-corrected chi connectivity index (χ2v) is 10.8. The van der Waals surface area contributed by atoms with Gasteiger partial charge in [0.15, 0.2) is 6.61 Å². The molecule has 5 aromatic carbocycles. The highest BCUT2D eigenvalue weighted by Gasteiger charge is 2.15. The highest BCUT2D eigenvalue weighted by atomic mass is 79.9. The highest BCUT2D eigenvalue weighted by molar-refractivity contribution is 9.10. The van der Waals surface area contributed by atoms with Crippen LogP contribution in [0.4, 0.5) is 0 Å². The summed E-state index contributed by atoms with van der Waals surface area (Å²) in [5.41, 5.74) is 3.22. The lowest BCUT2D eigenvalue weighted by Gasteiger charge is -2.11. The van der Waals surface area contributed by atoms with Crippen LogP contribution >= 0.6 is 39.1 Å². The first kappa shape index (κ1) is 30.7. The zero-order valence-electron chi connectivity index (χ0n) is 22.6. The van der Waals surface area contributed by atoms with Gasteiger partial charge in [0.25, 0.3) is 5.91 Å². The number of halogens is 3. The van der Waals surface area contributed by atoms with E-state index in [1.54, 1.807) is 30.3 Å². The minimum absolute atomic E-state index is 0.0284. The Morgan fingerprint density at radius 1 is 0.750 bits per heavy atom. The molecule has 0 aliphatic rings. The van der Waals surface area contributed by atoms with Crippen LogP contribution < -0.4 is 19.6 Å². The molecule has 0 aromatic heterocycles. The molecule has 0 aliphatic carbocycles. The number of ether oxygens (including phenoxy) is 3. The SMILES string of the molecule is O=C(COc1ccc2ccccc2c1Br)N/N=C/c1ccc(OC(=O)c2ccc(Cl)cc2)cc1OC(=O)c1ccc(Cl)cc1. The van der Waals surface area contributed by atoms with Gasteiger partial charge in [-0.2, -0.15) is 5.10 Å². The van der Waals surface area contributed by atoms with Crippen LogP contribution in [-0.4, -0.2) is 30.7 Å². The minimum Gasteiger partial charge on any atom is -0.483 e. The Hall–Kier alpha value is -4.70.